The van der Waals surface area contributed by atoms with Crippen molar-refractivity contribution in [3.05, 3.63) is 0 Å². The second-order valence-corrected chi connectivity index (χ2v) is 5.33. The lowest BCUT2D eigenvalue weighted by molar-refractivity contribution is -0.142. The van der Waals surface area contributed by atoms with Gasteiger partial charge in [-0.15, -0.1) is 0 Å². The van der Waals surface area contributed by atoms with Gasteiger partial charge in [0.2, 0.25) is 11.8 Å². The number of carbonyl (C=O) groups excluding carboxylic acids is 2. The average Bonchev–Trinajstić information content (AvgIpc) is 2.60. The van der Waals surface area contributed by atoms with Crippen molar-refractivity contribution in [3.8, 4) is 0 Å². The molecule has 1 N–H and O–H groups in total. The summed E-state index contributed by atoms with van der Waals surface area (Å²) in [7, 11) is 3.45. The first-order valence-corrected chi connectivity index (χ1v) is 6.25. The van der Waals surface area contributed by atoms with Crippen LogP contribution in [0.5, 0.6) is 0 Å². The lowest BCUT2D eigenvalue weighted by Gasteiger charge is -2.32. The van der Waals surface area contributed by atoms with Crippen LogP contribution in [0.3, 0.4) is 0 Å². The maximum atomic E-state index is 12.4. The molecular formula is C12H21N3O2. The average molecular weight is 239 g/mol. The van der Waals surface area contributed by atoms with E-state index in [1.807, 2.05) is 0 Å². The van der Waals surface area contributed by atoms with Gasteiger partial charge in [0.05, 0.1) is 12.0 Å². The number of piperidine rings is 1. The Morgan fingerprint density at radius 3 is 2.82 bits per heavy atom. The topological polar surface area (TPSA) is 52.7 Å². The first-order valence-electron chi connectivity index (χ1n) is 6.25. The maximum absolute atomic E-state index is 12.4. The summed E-state index contributed by atoms with van der Waals surface area (Å²) < 4.78 is 0. The number of rotatable bonds is 2. The Morgan fingerprint density at radius 1 is 1.47 bits per heavy atom. The van der Waals surface area contributed by atoms with Crippen LogP contribution in [0.15, 0.2) is 0 Å². The molecule has 0 radical (unpaired) electrons. The molecule has 0 unspecified atom stereocenters. The first-order chi connectivity index (χ1) is 8.05. The molecular weight excluding hydrogens is 218 g/mol. The molecule has 5 heteroatoms. The molecule has 1 spiro atoms. The Labute approximate surface area is 102 Å². The molecule has 17 heavy (non-hydrogen) atoms. The number of hydrogen-bond acceptors (Lipinski definition) is 3. The van der Waals surface area contributed by atoms with E-state index in [1.165, 1.54) is 4.90 Å². The molecule has 2 heterocycles. The molecule has 5 nitrogen and oxygen atoms in total. The van der Waals surface area contributed by atoms with Gasteiger partial charge in [0.25, 0.3) is 0 Å². The van der Waals surface area contributed by atoms with Crippen molar-refractivity contribution in [1.82, 2.24) is 15.1 Å². The Hall–Kier alpha value is -1.10. The molecule has 0 bridgehead atoms. The molecule has 2 amide bonds. The zero-order valence-corrected chi connectivity index (χ0v) is 10.7. The number of likely N-dealkylation sites (N-methyl/N-ethyl adjacent to an activating group) is 1. The van der Waals surface area contributed by atoms with Gasteiger partial charge < -0.3 is 15.1 Å². The van der Waals surface area contributed by atoms with Crippen LogP contribution in [0.2, 0.25) is 0 Å². The smallest absolute Gasteiger partial charge is 0.241 e. The van der Waals surface area contributed by atoms with Gasteiger partial charge in [-0.25, -0.2) is 0 Å². The molecule has 2 fully saturated rings. The van der Waals surface area contributed by atoms with Crippen molar-refractivity contribution in [3.63, 3.8) is 0 Å². The van der Waals surface area contributed by atoms with Gasteiger partial charge in [-0.3, -0.25) is 9.59 Å². The van der Waals surface area contributed by atoms with Crippen LogP contribution >= 0.6 is 0 Å². The van der Waals surface area contributed by atoms with Gasteiger partial charge in [-0.2, -0.15) is 0 Å². The molecule has 2 aliphatic heterocycles. The Bertz CT molecular complexity index is 322. The monoisotopic (exact) mass is 239 g/mol. The zero-order valence-electron chi connectivity index (χ0n) is 10.7. The van der Waals surface area contributed by atoms with Crippen molar-refractivity contribution in [2.24, 2.45) is 5.41 Å². The van der Waals surface area contributed by atoms with Gasteiger partial charge in [0.15, 0.2) is 0 Å². The van der Waals surface area contributed by atoms with Gasteiger partial charge in [-0.05, 0) is 25.8 Å². The summed E-state index contributed by atoms with van der Waals surface area (Å²) >= 11 is 0. The van der Waals surface area contributed by atoms with E-state index >= 15 is 0 Å². The highest BCUT2D eigenvalue weighted by molar-refractivity contribution is 5.89. The van der Waals surface area contributed by atoms with Crippen molar-refractivity contribution < 1.29 is 9.59 Å². The molecule has 0 aromatic rings. The van der Waals surface area contributed by atoms with E-state index in [0.29, 0.717) is 0 Å². The number of amides is 2. The van der Waals surface area contributed by atoms with Crippen molar-refractivity contribution in [2.75, 3.05) is 40.3 Å². The second kappa shape index (κ2) is 4.64. The van der Waals surface area contributed by atoms with E-state index in [1.54, 1.807) is 19.0 Å². The number of nitrogens with one attached hydrogen (secondary N) is 1. The fraction of sp³-hybridized carbons (Fsp3) is 0.833. The van der Waals surface area contributed by atoms with Gasteiger partial charge in [-0.1, -0.05) is 0 Å². The number of nitrogens with zero attached hydrogens (tertiary/aromatic N) is 2. The molecule has 0 saturated carbocycles. The van der Waals surface area contributed by atoms with E-state index in [4.69, 9.17) is 0 Å². The third-order valence-electron chi connectivity index (χ3n) is 3.90. The summed E-state index contributed by atoms with van der Waals surface area (Å²) in [5, 5.41) is 3.30. The van der Waals surface area contributed by atoms with Crippen molar-refractivity contribution in [2.45, 2.75) is 19.3 Å². The van der Waals surface area contributed by atoms with Gasteiger partial charge in [0.1, 0.15) is 0 Å². The normalized spacial score (nSPS) is 28.8. The number of carbonyl (C=O) groups is 2. The Balaban J connectivity index is 1.99. The van der Waals surface area contributed by atoms with Gasteiger partial charge >= 0.3 is 0 Å². The number of hydrogen-bond donors (Lipinski definition) is 1. The summed E-state index contributed by atoms with van der Waals surface area (Å²) in [5.41, 5.74) is -0.217. The number of likely N-dealkylation sites (tertiary alicyclic amines) is 1. The molecule has 2 rings (SSSR count). The lowest BCUT2D eigenvalue weighted by atomic mass is 9.79. The van der Waals surface area contributed by atoms with Crippen LogP contribution in [0.4, 0.5) is 0 Å². The largest absolute Gasteiger partial charge is 0.347 e. The van der Waals surface area contributed by atoms with E-state index in [0.717, 1.165) is 38.9 Å². The minimum atomic E-state index is -0.217. The third kappa shape index (κ3) is 2.29. The first kappa shape index (κ1) is 12.4. The van der Waals surface area contributed by atoms with Crippen molar-refractivity contribution >= 4 is 11.8 Å². The highest BCUT2D eigenvalue weighted by atomic mass is 16.2. The fourth-order valence-electron chi connectivity index (χ4n) is 2.71. The predicted molar refractivity (Wildman–Crippen MR) is 64.4 cm³/mol. The lowest BCUT2D eigenvalue weighted by Crippen LogP contribution is -2.47. The molecule has 1 atom stereocenters. The van der Waals surface area contributed by atoms with Gasteiger partial charge in [0, 0.05) is 27.2 Å². The molecule has 96 valence electrons. The van der Waals surface area contributed by atoms with Crippen LogP contribution in [0.25, 0.3) is 0 Å². The molecule has 0 aliphatic carbocycles. The van der Waals surface area contributed by atoms with Crippen LogP contribution in [0.1, 0.15) is 19.3 Å². The minimum absolute atomic E-state index is 0.000770. The summed E-state index contributed by atoms with van der Waals surface area (Å²) in [6.45, 7) is 2.73. The zero-order chi connectivity index (χ0) is 12.5. The summed E-state index contributed by atoms with van der Waals surface area (Å²) in [4.78, 5) is 27.2. The Kier molecular flexibility index (Phi) is 3.38. The highest BCUT2D eigenvalue weighted by Gasteiger charge is 2.47. The van der Waals surface area contributed by atoms with Crippen LogP contribution in [-0.4, -0.2) is 61.9 Å². The van der Waals surface area contributed by atoms with E-state index in [2.05, 4.69) is 5.32 Å². The van der Waals surface area contributed by atoms with E-state index in [-0.39, 0.29) is 23.8 Å². The minimum Gasteiger partial charge on any atom is -0.347 e. The van der Waals surface area contributed by atoms with Crippen LogP contribution < -0.4 is 5.32 Å². The summed E-state index contributed by atoms with van der Waals surface area (Å²) in [5.74, 6) is 0.166. The quantitative estimate of drug-likeness (QED) is 0.718. The fourth-order valence-corrected chi connectivity index (χ4v) is 2.71. The summed E-state index contributed by atoms with van der Waals surface area (Å²) in [6, 6.07) is 0. The SMILES string of the molecule is CN(C)C(=O)CN1CC[C@@]2(CCCNC2)C1=O. The maximum Gasteiger partial charge on any atom is 0.241 e. The highest BCUT2D eigenvalue weighted by Crippen LogP contribution is 2.37. The van der Waals surface area contributed by atoms with E-state index in [9.17, 15) is 9.59 Å². The Morgan fingerprint density at radius 2 is 2.24 bits per heavy atom. The van der Waals surface area contributed by atoms with E-state index < -0.39 is 0 Å². The predicted octanol–water partition coefficient (Wildman–Crippen LogP) is -0.323. The second-order valence-electron chi connectivity index (χ2n) is 5.33. The molecule has 2 saturated heterocycles. The standard InChI is InChI=1S/C12H21N3O2/c1-14(2)10(16)8-15-7-5-12(11(15)17)4-3-6-13-9-12/h13H,3-9H2,1-2H3/t12-/m1/s1. The van der Waals surface area contributed by atoms with Crippen LogP contribution in [0, 0.1) is 5.41 Å². The molecule has 2 aliphatic rings. The van der Waals surface area contributed by atoms with Crippen LogP contribution in [-0.2, 0) is 9.59 Å². The third-order valence-corrected chi connectivity index (χ3v) is 3.90. The molecule has 0 aromatic heterocycles. The molecule has 0 aromatic carbocycles. The summed E-state index contributed by atoms with van der Waals surface area (Å²) in [6.07, 6.45) is 2.91. The van der Waals surface area contributed by atoms with Crippen molar-refractivity contribution in [1.29, 1.82) is 0 Å².